The van der Waals surface area contributed by atoms with Crippen LogP contribution < -0.4 is 5.73 Å². The van der Waals surface area contributed by atoms with E-state index in [4.69, 9.17) is 5.73 Å². The highest BCUT2D eigenvalue weighted by molar-refractivity contribution is 5.09. The molecule has 1 unspecified atom stereocenters. The SMILES string of the molecule is C=C(N)C1CCCN1C(=C)C. The molecule has 2 heteroatoms. The minimum Gasteiger partial charge on any atom is -0.401 e. The fourth-order valence-corrected chi connectivity index (χ4v) is 1.61. The summed E-state index contributed by atoms with van der Waals surface area (Å²) >= 11 is 0. The van der Waals surface area contributed by atoms with Gasteiger partial charge in [-0.25, -0.2) is 0 Å². The van der Waals surface area contributed by atoms with Crippen LogP contribution in [0.2, 0.25) is 0 Å². The summed E-state index contributed by atoms with van der Waals surface area (Å²) in [4.78, 5) is 2.22. The Hall–Kier alpha value is -0.920. The minimum absolute atomic E-state index is 0.340. The van der Waals surface area contributed by atoms with E-state index >= 15 is 0 Å². The van der Waals surface area contributed by atoms with Gasteiger partial charge in [0.1, 0.15) is 0 Å². The van der Waals surface area contributed by atoms with Gasteiger partial charge in [-0.2, -0.15) is 0 Å². The highest BCUT2D eigenvalue weighted by Crippen LogP contribution is 2.23. The molecule has 0 radical (unpaired) electrons. The zero-order chi connectivity index (χ0) is 8.43. The molecule has 0 aromatic heterocycles. The van der Waals surface area contributed by atoms with Crippen molar-refractivity contribution in [1.29, 1.82) is 0 Å². The van der Waals surface area contributed by atoms with Crippen LogP contribution in [0.4, 0.5) is 0 Å². The fraction of sp³-hybridized carbons (Fsp3) is 0.556. The topological polar surface area (TPSA) is 29.3 Å². The summed E-state index contributed by atoms with van der Waals surface area (Å²) in [6.45, 7) is 10.8. The number of allylic oxidation sites excluding steroid dienone is 1. The first-order valence-electron chi connectivity index (χ1n) is 3.99. The Morgan fingerprint density at radius 1 is 1.55 bits per heavy atom. The smallest absolute Gasteiger partial charge is 0.0677 e. The van der Waals surface area contributed by atoms with E-state index in [1.54, 1.807) is 0 Å². The van der Waals surface area contributed by atoms with Crippen molar-refractivity contribution in [2.45, 2.75) is 25.8 Å². The van der Waals surface area contributed by atoms with Gasteiger partial charge in [-0.3, -0.25) is 0 Å². The quantitative estimate of drug-likeness (QED) is 0.649. The predicted molar refractivity (Wildman–Crippen MR) is 47.9 cm³/mol. The van der Waals surface area contributed by atoms with E-state index < -0.39 is 0 Å². The lowest BCUT2D eigenvalue weighted by Gasteiger charge is -2.26. The maximum atomic E-state index is 5.65. The van der Waals surface area contributed by atoms with Crippen molar-refractivity contribution in [1.82, 2.24) is 4.90 Å². The predicted octanol–water partition coefficient (Wildman–Crippen LogP) is 1.46. The number of hydrogen-bond donors (Lipinski definition) is 1. The van der Waals surface area contributed by atoms with Crippen LogP contribution in [0.1, 0.15) is 19.8 Å². The van der Waals surface area contributed by atoms with E-state index in [0.29, 0.717) is 6.04 Å². The number of hydrogen-bond acceptors (Lipinski definition) is 2. The van der Waals surface area contributed by atoms with Crippen LogP contribution in [0.5, 0.6) is 0 Å². The Kier molecular flexibility index (Phi) is 2.22. The lowest BCUT2D eigenvalue weighted by atomic mass is 10.2. The normalized spacial score (nSPS) is 23.7. The molecule has 1 rings (SSSR count). The van der Waals surface area contributed by atoms with Gasteiger partial charge in [0.05, 0.1) is 6.04 Å². The van der Waals surface area contributed by atoms with E-state index in [9.17, 15) is 0 Å². The third kappa shape index (κ3) is 1.56. The molecule has 11 heavy (non-hydrogen) atoms. The summed E-state index contributed by atoms with van der Waals surface area (Å²) in [7, 11) is 0. The Morgan fingerprint density at radius 3 is 2.55 bits per heavy atom. The third-order valence-corrected chi connectivity index (χ3v) is 2.17. The maximum Gasteiger partial charge on any atom is 0.0677 e. The van der Waals surface area contributed by atoms with E-state index in [0.717, 1.165) is 24.4 Å². The summed E-state index contributed by atoms with van der Waals surface area (Å²) < 4.78 is 0. The van der Waals surface area contributed by atoms with Crippen LogP contribution in [0.3, 0.4) is 0 Å². The highest BCUT2D eigenvalue weighted by atomic mass is 15.2. The monoisotopic (exact) mass is 152 g/mol. The van der Waals surface area contributed by atoms with Crippen molar-refractivity contribution in [2.75, 3.05) is 6.54 Å². The summed E-state index contributed by atoms with van der Waals surface area (Å²) in [5, 5.41) is 0. The van der Waals surface area contributed by atoms with Crippen molar-refractivity contribution in [2.24, 2.45) is 5.73 Å². The molecule has 0 amide bonds. The molecule has 0 saturated carbocycles. The van der Waals surface area contributed by atoms with E-state index in [1.165, 1.54) is 6.42 Å². The average molecular weight is 152 g/mol. The van der Waals surface area contributed by atoms with Gasteiger partial charge in [-0.1, -0.05) is 13.2 Å². The van der Waals surface area contributed by atoms with E-state index in [-0.39, 0.29) is 0 Å². The zero-order valence-electron chi connectivity index (χ0n) is 7.14. The van der Waals surface area contributed by atoms with Crippen molar-refractivity contribution in [3.63, 3.8) is 0 Å². The Bertz CT molecular complexity index is 164. The molecule has 1 fully saturated rings. The summed E-state index contributed by atoms with van der Waals surface area (Å²) in [5.41, 5.74) is 7.51. The molecular weight excluding hydrogens is 136 g/mol. The molecule has 0 aromatic carbocycles. The molecule has 1 aliphatic heterocycles. The number of rotatable bonds is 2. The molecule has 62 valence electrons. The van der Waals surface area contributed by atoms with Crippen LogP contribution in [0.15, 0.2) is 24.6 Å². The molecule has 0 aliphatic carbocycles. The van der Waals surface area contributed by atoms with Crippen molar-refractivity contribution < 1.29 is 0 Å². The van der Waals surface area contributed by atoms with Crippen molar-refractivity contribution >= 4 is 0 Å². The molecule has 2 N–H and O–H groups in total. The van der Waals surface area contributed by atoms with Crippen LogP contribution >= 0.6 is 0 Å². The third-order valence-electron chi connectivity index (χ3n) is 2.17. The lowest BCUT2D eigenvalue weighted by Crippen LogP contribution is -2.31. The van der Waals surface area contributed by atoms with Gasteiger partial charge in [0.2, 0.25) is 0 Å². The second-order valence-electron chi connectivity index (χ2n) is 3.16. The largest absolute Gasteiger partial charge is 0.401 e. The van der Waals surface area contributed by atoms with Gasteiger partial charge in [-0.15, -0.1) is 0 Å². The van der Waals surface area contributed by atoms with Gasteiger partial charge < -0.3 is 10.6 Å². The molecule has 1 heterocycles. The van der Waals surface area contributed by atoms with Gasteiger partial charge in [0, 0.05) is 17.9 Å². The van der Waals surface area contributed by atoms with Crippen LogP contribution in [0, 0.1) is 0 Å². The minimum atomic E-state index is 0.340. The first-order valence-corrected chi connectivity index (χ1v) is 3.99. The van der Waals surface area contributed by atoms with Gasteiger partial charge in [0.25, 0.3) is 0 Å². The standard InChI is InChI=1S/C9H16N2/c1-7(2)11-6-4-5-9(11)8(3)10/h9H,1,3-6,10H2,2H3. The number of nitrogens with two attached hydrogens (primary N) is 1. The first-order chi connectivity index (χ1) is 5.13. The molecule has 0 bridgehead atoms. The summed E-state index contributed by atoms with van der Waals surface area (Å²) in [6, 6.07) is 0.340. The molecule has 1 saturated heterocycles. The highest BCUT2D eigenvalue weighted by Gasteiger charge is 2.24. The maximum absolute atomic E-state index is 5.65. The Balaban J connectivity index is 2.65. The lowest BCUT2D eigenvalue weighted by molar-refractivity contribution is 0.355. The van der Waals surface area contributed by atoms with Gasteiger partial charge in [0.15, 0.2) is 0 Å². The number of likely N-dealkylation sites (tertiary alicyclic amines) is 1. The Morgan fingerprint density at radius 2 is 2.18 bits per heavy atom. The second kappa shape index (κ2) is 2.99. The van der Waals surface area contributed by atoms with Crippen molar-refractivity contribution in [3.8, 4) is 0 Å². The van der Waals surface area contributed by atoms with E-state index in [2.05, 4.69) is 18.1 Å². The Labute approximate surface area is 68.4 Å². The fourth-order valence-electron chi connectivity index (χ4n) is 1.61. The zero-order valence-corrected chi connectivity index (χ0v) is 7.14. The summed E-state index contributed by atoms with van der Waals surface area (Å²) in [5.74, 6) is 0. The van der Waals surface area contributed by atoms with Gasteiger partial charge >= 0.3 is 0 Å². The second-order valence-corrected chi connectivity index (χ2v) is 3.16. The average Bonchev–Trinajstić information content (AvgIpc) is 2.32. The molecule has 0 spiro atoms. The molecule has 1 atom stereocenters. The molecular formula is C9H16N2. The molecule has 1 aliphatic rings. The van der Waals surface area contributed by atoms with Crippen molar-refractivity contribution in [3.05, 3.63) is 24.6 Å². The molecule has 2 nitrogen and oxygen atoms in total. The first kappa shape index (κ1) is 8.18. The number of nitrogens with zero attached hydrogens (tertiary/aromatic N) is 1. The van der Waals surface area contributed by atoms with Crippen LogP contribution in [0.25, 0.3) is 0 Å². The van der Waals surface area contributed by atoms with E-state index in [1.807, 2.05) is 6.92 Å². The molecule has 0 aromatic rings. The van der Waals surface area contributed by atoms with Crippen LogP contribution in [-0.2, 0) is 0 Å². The summed E-state index contributed by atoms with van der Waals surface area (Å²) in [6.07, 6.45) is 2.33. The van der Waals surface area contributed by atoms with Gasteiger partial charge in [-0.05, 0) is 19.8 Å². The van der Waals surface area contributed by atoms with Crippen LogP contribution in [-0.4, -0.2) is 17.5 Å².